The third kappa shape index (κ3) is 8.51. The van der Waals surface area contributed by atoms with Crippen LogP contribution in [0.4, 0.5) is 40.9 Å². The number of aromatic nitrogens is 5. The highest BCUT2D eigenvalue weighted by Gasteiger charge is 2.52. The number of nitrogens with zero attached hydrogens (tertiary/aromatic N) is 5. The predicted molar refractivity (Wildman–Crippen MR) is 196 cm³/mol. The van der Waals surface area contributed by atoms with Gasteiger partial charge in [-0.2, -0.15) is 27.8 Å². The van der Waals surface area contributed by atoms with Crippen molar-refractivity contribution in [2.24, 2.45) is 13.0 Å². The number of anilines is 1. The first-order valence-electron chi connectivity index (χ1n) is 17.7. The molecule has 5 aromatic rings. The monoisotopic (exact) mass is 835 g/mol. The summed E-state index contributed by atoms with van der Waals surface area (Å²) >= 11 is 6.51. The van der Waals surface area contributed by atoms with Crippen molar-refractivity contribution >= 4 is 40.1 Å². The average molecular weight is 836 g/mol. The summed E-state index contributed by atoms with van der Waals surface area (Å²) in [5.41, 5.74) is -2.94. The van der Waals surface area contributed by atoms with Crippen LogP contribution >= 0.6 is 11.6 Å². The Kier molecular flexibility index (Phi) is 11.6. The van der Waals surface area contributed by atoms with Gasteiger partial charge in [-0.25, -0.2) is 22.5 Å². The third-order valence-corrected chi connectivity index (χ3v) is 9.78. The van der Waals surface area contributed by atoms with E-state index in [-0.39, 0.29) is 68.2 Å². The summed E-state index contributed by atoms with van der Waals surface area (Å²) in [6, 6.07) is 7.03. The fraction of sp³-hybridized carbons (Fsp3) is 0.359. The van der Waals surface area contributed by atoms with E-state index >= 15 is 8.78 Å². The van der Waals surface area contributed by atoms with Crippen molar-refractivity contribution < 1.29 is 49.8 Å². The molecule has 19 heteroatoms. The van der Waals surface area contributed by atoms with E-state index in [9.17, 15) is 41.0 Å². The van der Waals surface area contributed by atoms with Crippen molar-refractivity contribution in [1.82, 2.24) is 29.9 Å². The molecule has 1 aliphatic carbocycles. The fourth-order valence-electron chi connectivity index (χ4n) is 7.02. The van der Waals surface area contributed by atoms with Gasteiger partial charge in [0.1, 0.15) is 40.9 Å². The minimum absolute atomic E-state index is 0.000369. The largest absolute Gasteiger partial charge is 0.378 e. The lowest BCUT2D eigenvalue weighted by molar-refractivity contribution is -0.126. The number of hydrogen-bond acceptors (Lipinski definition) is 6. The van der Waals surface area contributed by atoms with Gasteiger partial charge < -0.3 is 15.7 Å². The Hall–Kier alpha value is -5.54. The van der Waals surface area contributed by atoms with Gasteiger partial charge in [0.2, 0.25) is 5.91 Å². The van der Waals surface area contributed by atoms with Gasteiger partial charge in [0.05, 0.1) is 27.7 Å². The predicted octanol–water partition coefficient (Wildman–Crippen LogP) is 7.80. The number of hydrogen-bond donors (Lipinski definition) is 3. The number of rotatable bonds is 11. The lowest BCUT2D eigenvalue weighted by Crippen LogP contribution is -2.35. The minimum atomic E-state index is -3.60. The number of aryl methyl sites for hydroxylation is 1. The molecule has 0 fully saturated rings. The maximum atomic E-state index is 15.6. The molecule has 3 aromatic heterocycles. The Bertz CT molecular complexity index is 2470. The van der Waals surface area contributed by atoms with Crippen LogP contribution in [0.15, 0.2) is 42.5 Å². The number of fused-ring (bicyclic) bond motifs is 2. The van der Waals surface area contributed by atoms with Gasteiger partial charge in [0.25, 0.3) is 18.3 Å². The zero-order valence-corrected chi connectivity index (χ0v) is 31.8. The lowest BCUT2D eigenvalue weighted by atomic mass is 9.93. The second-order valence-electron chi connectivity index (χ2n) is 14.2. The van der Waals surface area contributed by atoms with Gasteiger partial charge >= 0.3 is 6.43 Å². The summed E-state index contributed by atoms with van der Waals surface area (Å²) in [5.74, 6) is -4.51. The van der Waals surface area contributed by atoms with Crippen molar-refractivity contribution in [2.45, 2.75) is 77.0 Å². The van der Waals surface area contributed by atoms with E-state index in [1.165, 1.54) is 56.8 Å². The smallest absolute Gasteiger partial charge is 0.315 e. The number of halogens is 9. The summed E-state index contributed by atoms with van der Waals surface area (Å²) in [4.78, 5) is 30.6. The first-order valence-corrected chi connectivity index (χ1v) is 18.1. The molecule has 0 saturated carbocycles. The van der Waals surface area contributed by atoms with Gasteiger partial charge in [-0.3, -0.25) is 19.0 Å². The molecular formula is C39H34ClF8N7O3. The van der Waals surface area contributed by atoms with Crippen molar-refractivity contribution in [1.29, 1.82) is 0 Å². The van der Waals surface area contributed by atoms with Crippen LogP contribution in [0.3, 0.4) is 0 Å². The molecule has 0 saturated heterocycles. The van der Waals surface area contributed by atoms with Crippen LogP contribution in [0.5, 0.6) is 0 Å². The third-order valence-electron chi connectivity index (χ3n) is 9.47. The molecule has 0 radical (unpaired) electrons. The summed E-state index contributed by atoms with van der Waals surface area (Å²) < 4.78 is 117. The number of nitrogens with one attached hydrogen (secondary N) is 2. The molecule has 2 amide bonds. The molecule has 10 nitrogen and oxygen atoms in total. The van der Waals surface area contributed by atoms with Gasteiger partial charge in [-0.1, -0.05) is 30.5 Å². The normalized spacial score (nSPS) is 15.4. The topological polar surface area (TPSA) is 127 Å². The molecule has 58 heavy (non-hydrogen) atoms. The number of carbonyl (C=O) groups excluding carboxylic acids is 2. The number of amides is 2. The van der Waals surface area contributed by atoms with Crippen molar-refractivity contribution in [3.63, 3.8) is 0 Å². The van der Waals surface area contributed by atoms with Crippen molar-refractivity contribution in [2.75, 3.05) is 5.32 Å². The van der Waals surface area contributed by atoms with Gasteiger partial charge in [-0.15, -0.1) is 0 Å². The molecule has 3 heterocycles. The first-order chi connectivity index (χ1) is 27.2. The molecular weight excluding hydrogens is 802 g/mol. The highest BCUT2D eigenvalue weighted by atomic mass is 35.5. The van der Waals surface area contributed by atoms with E-state index < -0.39 is 84.1 Å². The van der Waals surface area contributed by atoms with E-state index in [4.69, 9.17) is 11.6 Å². The zero-order chi connectivity index (χ0) is 42.4. The highest BCUT2D eigenvalue weighted by molar-refractivity contribution is 6.37. The maximum Gasteiger partial charge on any atom is 0.315 e. The molecule has 6 rings (SSSR count). The molecule has 2 unspecified atom stereocenters. The zero-order valence-electron chi connectivity index (χ0n) is 31.1. The fourth-order valence-corrected chi connectivity index (χ4v) is 7.26. The number of pyridine rings is 1. The molecule has 1 aliphatic rings. The van der Waals surface area contributed by atoms with Crippen LogP contribution in [-0.4, -0.2) is 53.5 Å². The number of alkyl halides is 6. The Morgan fingerprint density at radius 3 is 2.33 bits per heavy atom. The van der Waals surface area contributed by atoms with Crippen molar-refractivity contribution in [3.8, 4) is 23.0 Å². The number of aliphatic hydroxyl groups is 1. The Balaban J connectivity index is 1.53. The van der Waals surface area contributed by atoms with Gasteiger partial charge in [0, 0.05) is 35.7 Å². The van der Waals surface area contributed by atoms with E-state index in [0.717, 1.165) is 12.1 Å². The van der Waals surface area contributed by atoms with E-state index in [0.29, 0.717) is 10.7 Å². The SMILES string of the molecule is CCC1Cc2c(C(F)F)nn(CC(=O)NC(Cc3cc(F)cc(F)c3)c3nc(C#CC(C)(C)O)ccc3-c3ccc(Cl)c4c(NC(=O)C(F)F)nn(C)c34)c2C1(F)F. The van der Waals surface area contributed by atoms with E-state index in [1.807, 2.05) is 5.32 Å². The van der Waals surface area contributed by atoms with Crippen LogP contribution in [-0.2, 0) is 41.9 Å². The summed E-state index contributed by atoms with van der Waals surface area (Å²) in [7, 11) is 1.43. The molecule has 2 aromatic carbocycles. The molecule has 0 bridgehead atoms. The summed E-state index contributed by atoms with van der Waals surface area (Å²) in [6.07, 6.45) is -7.43. The molecule has 0 aliphatic heterocycles. The van der Waals surface area contributed by atoms with Crippen LogP contribution < -0.4 is 10.6 Å². The first kappa shape index (κ1) is 42.1. The minimum Gasteiger partial charge on any atom is -0.378 e. The second-order valence-corrected chi connectivity index (χ2v) is 14.6. The van der Waals surface area contributed by atoms with Crippen LogP contribution in [0, 0.1) is 29.4 Å². The van der Waals surface area contributed by atoms with Gasteiger partial charge in [0.15, 0.2) is 5.82 Å². The van der Waals surface area contributed by atoms with E-state index in [1.54, 1.807) is 0 Å². The Labute approximate surface area is 330 Å². The molecule has 0 spiro atoms. The van der Waals surface area contributed by atoms with Crippen molar-refractivity contribution in [3.05, 3.63) is 93.0 Å². The van der Waals surface area contributed by atoms with Crippen LogP contribution in [0.1, 0.15) is 73.6 Å². The molecule has 2 atom stereocenters. The van der Waals surface area contributed by atoms with Crippen LogP contribution in [0.25, 0.3) is 22.0 Å². The molecule has 3 N–H and O–H groups in total. The maximum absolute atomic E-state index is 15.6. The highest BCUT2D eigenvalue weighted by Crippen LogP contribution is 2.50. The summed E-state index contributed by atoms with van der Waals surface area (Å²) in [6.45, 7) is 3.34. The summed E-state index contributed by atoms with van der Waals surface area (Å²) in [5, 5.41) is 22.9. The standard InChI is InChI=1S/C39H34ClF8N7O3/c1-5-19-15-25-31(34(43)44)52-55(33(25)39(19,47)48)17-28(56)50-27(14-18-12-20(41)16-21(42)13-18)30-23(7-6-22(49-30)10-11-38(2,3)58)24-8-9-26(40)29-32(24)54(4)53-36(29)51-37(57)35(45)46/h6-9,12-13,16,19,27,34-35,58H,5,14-15,17H2,1-4H3,(H,50,56)(H,51,53,57). The number of carbonyl (C=O) groups is 2. The lowest BCUT2D eigenvalue weighted by Gasteiger charge is -2.23. The quantitative estimate of drug-likeness (QED) is 0.0922. The Morgan fingerprint density at radius 1 is 1.03 bits per heavy atom. The second kappa shape index (κ2) is 16.0. The van der Waals surface area contributed by atoms with Crippen LogP contribution in [0.2, 0.25) is 5.02 Å². The number of benzene rings is 2. The van der Waals surface area contributed by atoms with E-state index in [2.05, 4.69) is 32.3 Å². The van der Waals surface area contributed by atoms with Gasteiger partial charge in [-0.05, 0) is 74.9 Å². The molecule has 306 valence electrons. The Morgan fingerprint density at radius 2 is 1.71 bits per heavy atom. The average Bonchev–Trinajstić information content (AvgIpc) is 3.75.